The maximum absolute atomic E-state index is 15.7. The van der Waals surface area contributed by atoms with Crippen LogP contribution in [0.2, 0.25) is 0 Å². The zero-order chi connectivity index (χ0) is 33.1. The number of alkyl halides is 3. The molecule has 4 aliphatic rings. The molecule has 0 aromatic heterocycles. The second kappa shape index (κ2) is 14.3. The van der Waals surface area contributed by atoms with Gasteiger partial charge in [0.15, 0.2) is 0 Å². The van der Waals surface area contributed by atoms with Gasteiger partial charge in [-0.25, -0.2) is 9.18 Å². The van der Waals surface area contributed by atoms with Gasteiger partial charge >= 0.3 is 12.1 Å². The number of carbonyl (C=O) groups excluding carboxylic acids is 1. The number of hydrogen-bond donors (Lipinski definition) is 3. The van der Waals surface area contributed by atoms with E-state index in [2.05, 4.69) is 45.9 Å². The fourth-order valence-corrected chi connectivity index (χ4v) is 8.17. The number of amides is 1. The summed E-state index contributed by atoms with van der Waals surface area (Å²) in [5.41, 5.74) is 2.35. The lowest BCUT2D eigenvalue weighted by atomic mass is 9.67. The first-order valence-corrected chi connectivity index (χ1v) is 16.5. The van der Waals surface area contributed by atoms with Crippen LogP contribution in [-0.2, 0) is 21.5 Å². The molecule has 11 heteroatoms. The minimum atomic E-state index is -5.08. The molecule has 3 fully saturated rings. The van der Waals surface area contributed by atoms with Gasteiger partial charge in [-0.05, 0) is 69.1 Å². The third-order valence-corrected chi connectivity index (χ3v) is 10.2. The number of rotatable bonds is 5. The Balaban J connectivity index is 0.000000537. The van der Waals surface area contributed by atoms with Gasteiger partial charge in [-0.2, -0.15) is 13.2 Å². The highest BCUT2D eigenvalue weighted by Gasteiger charge is 2.54. The molecule has 6 rings (SSSR count). The van der Waals surface area contributed by atoms with E-state index in [1.54, 1.807) is 12.1 Å². The lowest BCUT2D eigenvalue weighted by molar-refractivity contribution is -0.192. The largest absolute Gasteiger partial charge is 0.491 e. The van der Waals surface area contributed by atoms with E-state index in [1.807, 2.05) is 13.8 Å². The number of aliphatic carboxylic acids is 1. The third-order valence-electron chi connectivity index (χ3n) is 10.2. The fourth-order valence-electron chi connectivity index (χ4n) is 8.17. The van der Waals surface area contributed by atoms with E-state index in [0.29, 0.717) is 43.6 Å². The quantitative estimate of drug-likeness (QED) is 0.337. The number of nitrogens with one attached hydrogen (secondary N) is 2. The van der Waals surface area contributed by atoms with Crippen LogP contribution in [0, 0.1) is 17.7 Å². The van der Waals surface area contributed by atoms with E-state index in [4.69, 9.17) is 14.6 Å². The molecule has 0 unspecified atom stereocenters. The summed E-state index contributed by atoms with van der Waals surface area (Å²) in [6, 6.07) is 14.4. The van der Waals surface area contributed by atoms with Gasteiger partial charge < -0.3 is 25.4 Å². The van der Waals surface area contributed by atoms with E-state index in [9.17, 15) is 18.0 Å². The molecule has 46 heavy (non-hydrogen) atoms. The molecule has 3 N–H and O–H groups in total. The lowest BCUT2D eigenvalue weighted by Gasteiger charge is -2.48. The van der Waals surface area contributed by atoms with Crippen molar-refractivity contribution in [1.29, 1.82) is 0 Å². The number of carbonyl (C=O) groups is 2. The van der Waals surface area contributed by atoms with E-state index in [-0.39, 0.29) is 29.8 Å². The molecule has 2 aromatic rings. The van der Waals surface area contributed by atoms with Crippen LogP contribution in [-0.4, -0.2) is 66.4 Å². The predicted octanol–water partition coefficient (Wildman–Crippen LogP) is 6.16. The number of carboxylic acids is 1. The van der Waals surface area contributed by atoms with Crippen LogP contribution in [0.25, 0.3) is 0 Å². The van der Waals surface area contributed by atoms with Crippen molar-refractivity contribution in [2.24, 2.45) is 11.8 Å². The molecule has 1 spiro atoms. The standard InChI is InChI=1S/C33H44FN3O2.C2HF3O2/c1-22(2)39-30-14-13-28(34)31-26(30)18-35-20-33(31)21-36-19-27(33)32(38)37-16-15-25(23-9-5-3-6-10-23)17-29(37)24-11-7-4-8-12-24;3-2(4,5)1(6)7/h3,5-6,9-10,13-14,22,24-25,27,29,35-36H,4,7-8,11-12,15-21H2,1-2H3;(H,6,7)/t25-,27+,29+,33-;/m1./s1. The molecule has 3 heterocycles. The van der Waals surface area contributed by atoms with Crippen molar-refractivity contribution in [3.05, 3.63) is 65.0 Å². The van der Waals surface area contributed by atoms with Gasteiger partial charge in [0, 0.05) is 55.3 Å². The van der Waals surface area contributed by atoms with Crippen molar-refractivity contribution < 1.29 is 37.0 Å². The maximum atomic E-state index is 15.7. The van der Waals surface area contributed by atoms with Gasteiger partial charge in [0.2, 0.25) is 5.91 Å². The molecule has 1 aliphatic carbocycles. The van der Waals surface area contributed by atoms with Crippen LogP contribution >= 0.6 is 0 Å². The Morgan fingerprint density at radius 2 is 1.67 bits per heavy atom. The molecule has 2 saturated heterocycles. The second-order valence-electron chi connectivity index (χ2n) is 13.4. The zero-order valence-electron chi connectivity index (χ0n) is 26.5. The van der Waals surface area contributed by atoms with Gasteiger partial charge in [0.1, 0.15) is 11.6 Å². The first kappa shape index (κ1) is 34.2. The molecule has 1 amide bonds. The number of ether oxygens (including phenoxy) is 1. The predicted molar refractivity (Wildman–Crippen MR) is 166 cm³/mol. The monoisotopic (exact) mass is 647 g/mol. The van der Waals surface area contributed by atoms with Crippen LogP contribution in [0.1, 0.15) is 81.4 Å². The Morgan fingerprint density at radius 1 is 1.00 bits per heavy atom. The first-order valence-electron chi connectivity index (χ1n) is 16.5. The molecule has 0 radical (unpaired) electrons. The van der Waals surface area contributed by atoms with E-state index >= 15 is 4.39 Å². The van der Waals surface area contributed by atoms with Crippen molar-refractivity contribution >= 4 is 11.9 Å². The number of fused-ring (bicyclic) bond motifs is 2. The van der Waals surface area contributed by atoms with Gasteiger partial charge in [-0.3, -0.25) is 4.79 Å². The van der Waals surface area contributed by atoms with Gasteiger partial charge in [0.25, 0.3) is 0 Å². The van der Waals surface area contributed by atoms with Gasteiger partial charge in [-0.15, -0.1) is 0 Å². The topological polar surface area (TPSA) is 90.9 Å². The van der Waals surface area contributed by atoms with E-state index < -0.39 is 17.6 Å². The average molecular weight is 648 g/mol. The SMILES string of the molecule is CC(C)Oc1ccc(F)c2c1CNC[C@]21CNC[C@H]1C(=O)N1CC[C@@H](c2ccccc2)C[C@H]1C1CCCCC1.O=C(O)C(F)(F)F. The smallest absolute Gasteiger partial charge is 0.490 e. The van der Waals surface area contributed by atoms with Crippen molar-refractivity contribution in [1.82, 2.24) is 15.5 Å². The summed E-state index contributed by atoms with van der Waals surface area (Å²) < 4.78 is 53.6. The Hall–Kier alpha value is -3.18. The third kappa shape index (κ3) is 7.20. The summed E-state index contributed by atoms with van der Waals surface area (Å²) in [5.74, 6) is -1.28. The molecular weight excluding hydrogens is 602 g/mol. The summed E-state index contributed by atoms with van der Waals surface area (Å²) in [7, 11) is 0. The number of benzene rings is 2. The Morgan fingerprint density at radius 3 is 2.33 bits per heavy atom. The highest BCUT2D eigenvalue weighted by atomic mass is 19.4. The number of halogens is 4. The molecule has 252 valence electrons. The average Bonchev–Trinajstić information content (AvgIpc) is 3.45. The first-order chi connectivity index (χ1) is 21.9. The molecule has 1 saturated carbocycles. The Bertz CT molecular complexity index is 1370. The minimum absolute atomic E-state index is 0.00117. The molecule has 2 aromatic carbocycles. The summed E-state index contributed by atoms with van der Waals surface area (Å²) >= 11 is 0. The minimum Gasteiger partial charge on any atom is -0.491 e. The summed E-state index contributed by atoms with van der Waals surface area (Å²) in [5, 5.41) is 14.2. The normalized spacial score (nSPS) is 26.8. The van der Waals surface area contributed by atoms with Gasteiger partial charge in [-0.1, -0.05) is 49.6 Å². The molecular formula is C35H45F4N3O4. The van der Waals surface area contributed by atoms with Crippen LogP contribution in [0.4, 0.5) is 17.6 Å². The maximum Gasteiger partial charge on any atom is 0.490 e. The number of carboxylic acid groups (broad SMARTS) is 1. The molecule has 4 atom stereocenters. The fraction of sp³-hybridized carbons (Fsp3) is 0.600. The Labute approximate surface area is 268 Å². The number of likely N-dealkylation sites (tertiary alicyclic amines) is 1. The van der Waals surface area contributed by atoms with Crippen LogP contribution < -0.4 is 15.4 Å². The number of nitrogens with zero attached hydrogens (tertiary/aromatic N) is 1. The number of piperidine rings is 1. The second-order valence-corrected chi connectivity index (χ2v) is 13.4. The lowest BCUT2D eigenvalue weighted by Crippen LogP contribution is -2.58. The van der Waals surface area contributed by atoms with E-state index in [0.717, 1.165) is 30.7 Å². The van der Waals surface area contributed by atoms with Crippen molar-refractivity contribution in [3.63, 3.8) is 0 Å². The van der Waals surface area contributed by atoms with Crippen molar-refractivity contribution in [2.75, 3.05) is 26.2 Å². The highest BCUT2D eigenvalue weighted by Crippen LogP contribution is 2.46. The molecule has 0 bridgehead atoms. The number of hydrogen-bond acceptors (Lipinski definition) is 5. The summed E-state index contributed by atoms with van der Waals surface area (Å²) in [6.45, 7) is 7.12. The van der Waals surface area contributed by atoms with E-state index in [1.165, 1.54) is 37.7 Å². The highest BCUT2D eigenvalue weighted by molar-refractivity contribution is 5.82. The Kier molecular flexibility index (Phi) is 10.6. The summed E-state index contributed by atoms with van der Waals surface area (Å²) in [6.07, 6.45) is 3.17. The summed E-state index contributed by atoms with van der Waals surface area (Å²) in [4.78, 5) is 25.8. The zero-order valence-corrected chi connectivity index (χ0v) is 26.5. The van der Waals surface area contributed by atoms with Crippen LogP contribution in [0.5, 0.6) is 5.75 Å². The van der Waals surface area contributed by atoms with Crippen LogP contribution in [0.3, 0.4) is 0 Å². The molecule has 3 aliphatic heterocycles. The van der Waals surface area contributed by atoms with Gasteiger partial charge in [0.05, 0.1) is 12.0 Å². The molecule has 7 nitrogen and oxygen atoms in total. The van der Waals surface area contributed by atoms with Crippen LogP contribution in [0.15, 0.2) is 42.5 Å². The van der Waals surface area contributed by atoms with Crippen molar-refractivity contribution in [3.8, 4) is 5.75 Å². The van der Waals surface area contributed by atoms with Crippen molar-refractivity contribution in [2.45, 2.75) is 95.0 Å².